The molecule has 0 aliphatic carbocycles. The number of ketones is 1. The van der Waals surface area contributed by atoms with Gasteiger partial charge in [0.2, 0.25) is 0 Å². The maximum absolute atomic E-state index is 12.7. The van der Waals surface area contributed by atoms with Crippen LogP contribution in [0.15, 0.2) is 18.2 Å². The van der Waals surface area contributed by atoms with Crippen LogP contribution >= 0.6 is 0 Å². The molecule has 0 amide bonds. The SMILES string of the molecule is COc1c2c(c(OC)c3c(OC)cccc13)[C@@H](C)O[C@H](C)C2=O. The van der Waals surface area contributed by atoms with Gasteiger partial charge < -0.3 is 18.9 Å². The minimum absolute atomic E-state index is 0.0991. The molecule has 0 radical (unpaired) electrons. The van der Waals surface area contributed by atoms with E-state index in [-0.39, 0.29) is 11.9 Å². The van der Waals surface area contributed by atoms with Gasteiger partial charge in [-0.3, -0.25) is 4.79 Å². The van der Waals surface area contributed by atoms with Crippen LogP contribution < -0.4 is 14.2 Å². The predicted octanol–water partition coefficient (Wildman–Crippen LogP) is 3.53. The second-order valence-corrected chi connectivity index (χ2v) is 5.52. The summed E-state index contributed by atoms with van der Waals surface area (Å²) in [5.41, 5.74) is 1.25. The van der Waals surface area contributed by atoms with E-state index in [9.17, 15) is 4.79 Å². The lowest BCUT2D eigenvalue weighted by atomic mass is 9.88. The minimum Gasteiger partial charge on any atom is -0.496 e. The fourth-order valence-corrected chi connectivity index (χ4v) is 3.33. The second kappa shape index (κ2) is 5.74. The van der Waals surface area contributed by atoms with Crippen molar-refractivity contribution < 1.29 is 23.7 Å². The summed E-state index contributed by atoms with van der Waals surface area (Å²) in [7, 11) is 4.76. The van der Waals surface area contributed by atoms with E-state index in [0.29, 0.717) is 28.4 Å². The lowest BCUT2D eigenvalue weighted by Gasteiger charge is -2.31. The number of Topliss-reactive ketones (excluding diaryl/α,β-unsaturated/α-hetero) is 1. The first-order valence-corrected chi connectivity index (χ1v) is 7.49. The molecule has 23 heavy (non-hydrogen) atoms. The molecule has 5 heteroatoms. The van der Waals surface area contributed by atoms with Crippen molar-refractivity contribution in [2.24, 2.45) is 0 Å². The van der Waals surface area contributed by atoms with E-state index in [1.165, 1.54) is 0 Å². The Balaban J connectivity index is 2.53. The molecule has 1 aliphatic rings. The number of carbonyl (C=O) groups is 1. The molecular formula is C18H20O5. The van der Waals surface area contributed by atoms with Gasteiger partial charge in [-0.2, -0.15) is 0 Å². The van der Waals surface area contributed by atoms with Gasteiger partial charge in [0.05, 0.1) is 38.4 Å². The number of fused-ring (bicyclic) bond motifs is 2. The highest BCUT2D eigenvalue weighted by atomic mass is 16.5. The van der Waals surface area contributed by atoms with Gasteiger partial charge in [-0.05, 0) is 19.9 Å². The van der Waals surface area contributed by atoms with Crippen molar-refractivity contribution in [3.63, 3.8) is 0 Å². The number of hydrogen-bond donors (Lipinski definition) is 0. The Kier molecular flexibility index (Phi) is 3.90. The van der Waals surface area contributed by atoms with Crippen LogP contribution in [0.3, 0.4) is 0 Å². The zero-order chi connectivity index (χ0) is 16.7. The third-order valence-electron chi connectivity index (χ3n) is 4.30. The minimum atomic E-state index is -0.515. The first-order chi connectivity index (χ1) is 11.0. The molecular weight excluding hydrogens is 296 g/mol. The topological polar surface area (TPSA) is 54.0 Å². The Hall–Kier alpha value is -2.27. The zero-order valence-corrected chi connectivity index (χ0v) is 13.9. The Morgan fingerprint density at radius 1 is 0.957 bits per heavy atom. The Morgan fingerprint density at radius 2 is 1.65 bits per heavy atom. The molecule has 122 valence electrons. The standard InChI is InChI=1S/C18H20O5/c1-9-13-15(16(19)10(2)23-9)17(21-4)11-7-6-8-12(20-3)14(11)18(13)22-5/h6-10H,1-5H3/t9-,10-/m1/s1. The molecule has 2 atom stereocenters. The highest BCUT2D eigenvalue weighted by Crippen LogP contribution is 2.49. The van der Waals surface area contributed by atoms with Gasteiger partial charge in [0.25, 0.3) is 0 Å². The van der Waals surface area contributed by atoms with Crippen LogP contribution in [0.4, 0.5) is 0 Å². The van der Waals surface area contributed by atoms with Gasteiger partial charge in [-0.25, -0.2) is 0 Å². The van der Waals surface area contributed by atoms with Crippen LogP contribution in [-0.4, -0.2) is 33.2 Å². The van der Waals surface area contributed by atoms with Gasteiger partial charge in [0.1, 0.15) is 23.4 Å². The molecule has 0 aromatic heterocycles. The molecule has 3 rings (SSSR count). The van der Waals surface area contributed by atoms with Gasteiger partial charge in [0, 0.05) is 10.9 Å². The van der Waals surface area contributed by atoms with Gasteiger partial charge in [-0.1, -0.05) is 12.1 Å². The van der Waals surface area contributed by atoms with Crippen molar-refractivity contribution in [1.29, 1.82) is 0 Å². The second-order valence-electron chi connectivity index (χ2n) is 5.52. The third-order valence-corrected chi connectivity index (χ3v) is 4.30. The summed E-state index contributed by atoms with van der Waals surface area (Å²) in [5.74, 6) is 1.71. The average Bonchev–Trinajstić information content (AvgIpc) is 2.56. The molecule has 1 aliphatic heterocycles. The molecule has 0 fully saturated rings. The molecule has 0 saturated carbocycles. The van der Waals surface area contributed by atoms with Crippen LogP contribution in [0.1, 0.15) is 35.9 Å². The van der Waals surface area contributed by atoms with E-state index >= 15 is 0 Å². The molecule has 0 unspecified atom stereocenters. The molecule has 0 spiro atoms. The monoisotopic (exact) mass is 316 g/mol. The number of ether oxygens (including phenoxy) is 4. The van der Waals surface area contributed by atoms with Crippen molar-refractivity contribution in [2.75, 3.05) is 21.3 Å². The predicted molar refractivity (Wildman–Crippen MR) is 86.9 cm³/mol. The van der Waals surface area contributed by atoms with Gasteiger partial charge in [-0.15, -0.1) is 0 Å². The van der Waals surface area contributed by atoms with E-state index < -0.39 is 6.10 Å². The lowest BCUT2D eigenvalue weighted by molar-refractivity contribution is 0.00185. The normalized spacial score (nSPS) is 20.3. The van der Waals surface area contributed by atoms with Crippen LogP contribution in [0.25, 0.3) is 10.8 Å². The Labute approximate surface area is 135 Å². The summed E-state index contributed by atoms with van der Waals surface area (Å²) in [6.07, 6.45) is -0.796. The third kappa shape index (κ3) is 2.15. The molecule has 5 nitrogen and oxygen atoms in total. The van der Waals surface area contributed by atoms with Crippen LogP contribution in [0, 0.1) is 0 Å². The van der Waals surface area contributed by atoms with Crippen LogP contribution in [0.5, 0.6) is 17.2 Å². The van der Waals surface area contributed by atoms with E-state index in [4.69, 9.17) is 18.9 Å². The summed E-state index contributed by atoms with van der Waals surface area (Å²) in [4.78, 5) is 12.7. The molecule has 1 heterocycles. The first-order valence-electron chi connectivity index (χ1n) is 7.49. The van der Waals surface area contributed by atoms with Crippen LogP contribution in [-0.2, 0) is 4.74 Å². The van der Waals surface area contributed by atoms with E-state index in [1.807, 2.05) is 25.1 Å². The molecule has 2 aromatic rings. The van der Waals surface area contributed by atoms with E-state index in [2.05, 4.69) is 0 Å². The fraction of sp³-hybridized carbons (Fsp3) is 0.389. The quantitative estimate of drug-likeness (QED) is 0.867. The van der Waals surface area contributed by atoms with E-state index in [0.717, 1.165) is 10.8 Å². The molecule has 0 bridgehead atoms. The summed E-state index contributed by atoms with van der Waals surface area (Å²) in [5, 5.41) is 1.57. The van der Waals surface area contributed by atoms with Crippen molar-refractivity contribution in [2.45, 2.75) is 26.1 Å². The van der Waals surface area contributed by atoms with Crippen LogP contribution in [0.2, 0.25) is 0 Å². The molecule has 2 aromatic carbocycles. The molecule has 0 N–H and O–H groups in total. The number of carbonyl (C=O) groups excluding carboxylic acids is 1. The van der Waals surface area contributed by atoms with Crippen molar-refractivity contribution in [1.82, 2.24) is 0 Å². The number of rotatable bonds is 3. The highest BCUT2D eigenvalue weighted by molar-refractivity contribution is 6.12. The molecule has 0 saturated heterocycles. The first kappa shape index (κ1) is 15.6. The Bertz CT molecular complexity index is 781. The summed E-state index contributed by atoms with van der Waals surface area (Å²) >= 11 is 0. The average molecular weight is 316 g/mol. The highest BCUT2D eigenvalue weighted by Gasteiger charge is 2.37. The van der Waals surface area contributed by atoms with Gasteiger partial charge in [0.15, 0.2) is 5.78 Å². The summed E-state index contributed by atoms with van der Waals surface area (Å²) in [6, 6.07) is 5.62. The maximum Gasteiger partial charge on any atom is 0.195 e. The number of hydrogen-bond acceptors (Lipinski definition) is 5. The smallest absolute Gasteiger partial charge is 0.195 e. The maximum atomic E-state index is 12.7. The van der Waals surface area contributed by atoms with E-state index in [1.54, 1.807) is 28.3 Å². The van der Waals surface area contributed by atoms with Crippen molar-refractivity contribution in [3.8, 4) is 17.2 Å². The zero-order valence-electron chi connectivity index (χ0n) is 13.9. The van der Waals surface area contributed by atoms with Gasteiger partial charge >= 0.3 is 0 Å². The van der Waals surface area contributed by atoms with Crippen molar-refractivity contribution >= 4 is 16.6 Å². The van der Waals surface area contributed by atoms with Crippen molar-refractivity contribution in [3.05, 3.63) is 29.3 Å². The summed E-state index contributed by atoms with van der Waals surface area (Å²) in [6.45, 7) is 3.66. The fourth-order valence-electron chi connectivity index (χ4n) is 3.33. The Morgan fingerprint density at radius 3 is 2.26 bits per heavy atom. The number of benzene rings is 2. The lowest BCUT2D eigenvalue weighted by Crippen LogP contribution is -2.30. The summed E-state index contributed by atoms with van der Waals surface area (Å²) < 4.78 is 22.5. The number of methoxy groups -OCH3 is 3. The largest absolute Gasteiger partial charge is 0.496 e.